The largest absolute Gasteiger partial charge is 0.497 e. The minimum absolute atomic E-state index is 0.0302. The Kier molecular flexibility index (Phi) is 11.6. The molecule has 3 heterocycles. The number of fused-ring (bicyclic) bond motifs is 1. The number of methoxy groups -OCH3 is 1. The Morgan fingerprint density at radius 3 is 2.48 bits per heavy atom. The maximum absolute atomic E-state index is 14.3. The molecule has 1 aliphatic carbocycles. The van der Waals surface area contributed by atoms with Crippen LogP contribution in [-0.4, -0.2) is 84.1 Å². The van der Waals surface area contributed by atoms with Crippen molar-refractivity contribution in [2.24, 2.45) is 5.92 Å². The van der Waals surface area contributed by atoms with E-state index in [1.54, 1.807) is 45.4 Å². The first kappa shape index (κ1) is 38.3. The monoisotopic (exact) mass is 746 g/mol. The fourth-order valence-corrected chi connectivity index (χ4v) is 7.25. The summed E-state index contributed by atoms with van der Waals surface area (Å²) in [6.45, 7) is 7.09. The number of rotatable bonds is 15. The molecule has 1 aromatic carbocycles. The average Bonchev–Trinajstić information content (AvgIpc) is 3.89. The molecule has 0 radical (unpaired) electrons. The predicted molar refractivity (Wildman–Crippen MR) is 186 cm³/mol. The maximum atomic E-state index is 14.3. The molecule has 17 heteroatoms. The predicted octanol–water partition coefficient (Wildman–Crippen LogP) is 4.20. The fourth-order valence-electron chi connectivity index (χ4n) is 5.91. The first-order valence-electron chi connectivity index (χ1n) is 16.8. The van der Waals surface area contributed by atoms with Gasteiger partial charge in [0.25, 0.3) is 0 Å². The van der Waals surface area contributed by atoms with Gasteiger partial charge >= 0.3 is 6.18 Å². The smallest absolute Gasteiger partial charge is 0.416 e. The van der Waals surface area contributed by atoms with Gasteiger partial charge in [-0.25, -0.2) is 18.4 Å². The van der Waals surface area contributed by atoms with Gasteiger partial charge in [-0.3, -0.25) is 19.1 Å². The van der Waals surface area contributed by atoms with Crippen LogP contribution in [0, 0.1) is 5.92 Å². The summed E-state index contributed by atoms with van der Waals surface area (Å²) in [6.07, 6.45) is -0.578. The highest BCUT2D eigenvalue weighted by Crippen LogP contribution is 2.33. The van der Waals surface area contributed by atoms with Crippen LogP contribution in [0.1, 0.15) is 51.5 Å². The van der Waals surface area contributed by atoms with Crippen LogP contribution in [-0.2, 0) is 30.6 Å². The summed E-state index contributed by atoms with van der Waals surface area (Å²) in [5.41, 5.74) is -0.943. The zero-order chi connectivity index (χ0) is 37.8. The van der Waals surface area contributed by atoms with E-state index in [0.29, 0.717) is 24.0 Å². The van der Waals surface area contributed by atoms with E-state index in [2.05, 4.69) is 31.9 Å². The zero-order valence-electron chi connectivity index (χ0n) is 28.9. The van der Waals surface area contributed by atoms with E-state index < -0.39 is 74.9 Å². The SMILES string of the molecule is C=C[C@H](CCC(=O)NS(=O)(=O)C1CC1)NC(=O)[C@@H]1C[C@@H](Oc2nccc3cc(OC)ccc23)CN1C(=O)C(Nc1cc(C(F)(F)F)ccn1)C(C)C. The number of amides is 3. The molecule has 52 heavy (non-hydrogen) atoms. The van der Waals surface area contributed by atoms with Crippen molar-refractivity contribution in [2.45, 2.75) is 81.6 Å². The molecule has 2 fully saturated rings. The van der Waals surface area contributed by atoms with E-state index in [0.717, 1.165) is 23.7 Å². The highest BCUT2D eigenvalue weighted by atomic mass is 32.2. The van der Waals surface area contributed by atoms with E-state index in [1.807, 2.05) is 6.07 Å². The van der Waals surface area contributed by atoms with Crippen molar-refractivity contribution in [3.63, 3.8) is 0 Å². The third-order valence-electron chi connectivity index (χ3n) is 8.90. The number of nitrogens with one attached hydrogen (secondary N) is 3. The van der Waals surface area contributed by atoms with Gasteiger partial charge in [0.05, 0.1) is 24.5 Å². The van der Waals surface area contributed by atoms with Crippen molar-refractivity contribution < 1.29 is 45.4 Å². The normalized spacial score (nSPS) is 18.8. The summed E-state index contributed by atoms with van der Waals surface area (Å²) in [5.74, 6) is -1.61. The van der Waals surface area contributed by atoms with Crippen molar-refractivity contribution in [3.05, 3.63) is 67.0 Å². The lowest BCUT2D eigenvalue weighted by Gasteiger charge is -2.31. The Labute approximate surface area is 299 Å². The molecule has 0 spiro atoms. The van der Waals surface area contributed by atoms with Crippen molar-refractivity contribution in [2.75, 3.05) is 19.0 Å². The van der Waals surface area contributed by atoms with Gasteiger partial charge in [0.15, 0.2) is 0 Å². The number of sulfonamides is 1. The number of carbonyl (C=O) groups is 3. The number of anilines is 1. The fraction of sp³-hybridized carbons (Fsp3) is 0.457. The minimum atomic E-state index is -4.63. The number of ether oxygens (including phenoxy) is 2. The van der Waals surface area contributed by atoms with Crippen molar-refractivity contribution >= 4 is 44.3 Å². The molecule has 13 nitrogen and oxygen atoms in total. The molecule has 3 amide bonds. The molecular weight excluding hydrogens is 705 g/mol. The number of likely N-dealkylation sites (tertiary alicyclic amines) is 1. The maximum Gasteiger partial charge on any atom is 0.416 e. The first-order chi connectivity index (χ1) is 24.6. The number of halogens is 3. The summed E-state index contributed by atoms with van der Waals surface area (Å²) in [7, 11) is -2.19. The standard InChI is InChI=1S/C35H41F3N6O7S/c1-5-23(6-11-30(45)43-52(48,49)26-8-9-26)41-32(46)28-18-25(51-33-27-10-7-24(50-4)16-21(27)12-14-40-33)19-44(28)34(47)31(20(2)3)42-29-17-22(13-15-39-29)35(36,37)38/h5,7,10,12-17,20,23,25-26,28,31H,1,6,8-9,11,18-19H2,2-4H3,(H,39,42)(H,41,46)(H,43,45)/t23-,25-,28+,31?/m1/s1. The molecule has 2 aromatic heterocycles. The second-order valence-corrected chi connectivity index (χ2v) is 15.1. The number of pyridine rings is 2. The first-order valence-corrected chi connectivity index (χ1v) is 18.3. The van der Waals surface area contributed by atoms with Crippen LogP contribution in [0.15, 0.2) is 61.4 Å². The van der Waals surface area contributed by atoms with E-state index >= 15 is 0 Å². The molecule has 4 atom stereocenters. The molecule has 0 bridgehead atoms. The molecule has 1 aliphatic heterocycles. The van der Waals surface area contributed by atoms with Crippen LogP contribution in [0.5, 0.6) is 11.6 Å². The Morgan fingerprint density at radius 2 is 1.83 bits per heavy atom. The summed E-state index contributed by atoms with van der Waals surface area (Å²) >= 11 is 0. The Morgan fingerprint density at radius 1 is 1.10 bits per heavy atom. The van der Waals surface area contributed by atoms with Crippen LogP contribution < -0.4 is 24.8 Å². The minimum Gasteiger partial charge on any atom is -0.497 e. The third kappa shape index (κ3) is 9.29. The van der Waals surface area contributed by atoms with Crippen LogP contribution in [0.25, 0.3) is 10.8 Å². The van der Waals surface area contributed by atoms with Crippen LogP contribution in [0.2, 0.25) is 0 Å². The van der Waals surface area contributed by atoms with Gasteiger partial charge in [0, 0.05) is 36.7 Å². The van der Waals surface area contributed by atoms with Gasteiger partial charge in [-0.15, -0.1) is 6.58 Å². The molecule has 1 saturated heterocycles. The van der Waals surface area contributed by atoms with Gasteiger partial charge in [0.2, 0.25) is 33.6 Å². The highest BCUT2D eigenvalue weighted by Gasteiger charge is 2.44. The lowest BCUT2D eigenvalue weighted by Crippen LogP contribution is -2.53. The summed E-state index contributed by atoms with van der Waals surface area (Å²) in [5, 5.41) is 6.50. The van der Waals surface area contributed by atoms with Crippen LogP contribution >= 0.6 is 0 Å². The topological polar surface area (TPSA) is 169 Å². The van der Waals surface area contributed by atoms with Crippen molar-refractivity contribution in [1.82, 2.24) is 24.9 Å². The number of alkyl halides is 3. The molecule has 5 rings (SSSR count). The number of nitrogens with zero attached hydrogens (tertiary/aromatic N) is 3. The number of benzene rings is 1. The van der Waals surface area contributed by atoms with Crippen molar-refractivity contribution in [1.29, 1.82) is 0 Å². The lowest BCUT2D eigenvalue weighted by atomic mass is 10.0. The molecule has 280 valence electrons. The van der Waals surface area contributed by atoms with Gasteiger partial charge in [-0.05, 0) is 67.0 Å². The molecule has 1 saturated carbocycles. The number of aromatic nitrogens is 2. The van der Waals surface area contributed by atoms with Gasteiger partial charge < -0.3 is 25.0 Å². The van der Waals surface area contributed by atoms with Gasteiger partial charge in [-0.2, -0.15) is 13.2 Å². The zero-order valence-corrected chi connectivity index (χ0v) is 29.7. The van der Waals surface area contributed by atoms with Gasteiger partial charge in [0.1, 0.15) is 29.8 Å². The second-order valence-electron chi connectivity index (χ2n) is 13.1. The van der Waals surface area contributed by atoms with Crippen LogP contribution in [0.3, 0.4) is 0 Å². The second kappa shape index (κ2) is 15.8. The number of hydrogen-bond acceptors (Lipinski definition) is 10. The average molecular weight is 747 g/mol. The summed E-state index contributed by atoms with van der Waals surface area (Å²) < 4.78 is 78.4. The Bertz CT molecular complexity index is 1920. The molecule has 3 aromatic rings. The lowest BCUT2D eigenvalue weighted by molar-refractivity contribution is -0.140. The molecule has 2 aliphatic rings. The number of carbonyl (C=O) groups excluding carboxylic acids is 3. The van der Waals surface area contributed by atoms with Crippen molar-refractivity contribution in [3.8, 4) is 11.6 Å². The summed E-state index contributed by atoms with van der Waals surface area (Å²) in [6, 6.07) is 5.80. The van der Waals surface area contributed by atoms with E-state index in [-0.39, 0.29) is 37.5 Å². The van der Waals surface area contributed by atoms with E-state index in [4.69, 9.17) is 9.47 Å². The van der Waals surface area contributed by atoms with Crippen LogP contribution in [0.4, 0.5) is 19.0 Å². The molecular formula is C35H41F3N6O7S. The van der Waals surface area contributed by atoms with Gasteiger partial charge in [-0.1, -0.05) is 19.9 Å². The van der Waals surface area contributed by atoms with E-state index in [9.17, 15) is 36.0 Å². The summed E-state index contributed by atoms with van der Waals surface area (Å²) in [4.78, 5) is 50.2. The molecule has 1 unspecified atom stereocenters. The highest BCUT2D eigenvalue weighted by molar-refractivity contribution is 7.90. The van der Waals surface area contributed by atoms with E-state index in [1.165, 1.54) is 11.0 Å². The Hall–Kier alpha value is -4.93. The Balaban J connectivity index is 1.36. The number of hydrogen-bond donors (Lipinski definition) is 3. The molecule has 3 N–H and O–H groups in total. The quantitative estimate of drug-likeness (QED) is 0.192. The third-order valence-corrected chi connectivity index (χ3v) is 10.8.